The number of nitrogens with zero attached hydrogens (tertiary/aromatic N) is 2. The van der Waals surface area contributed by atoms with Gasteiger partial charge in [-0.25, -0.2) is 4.79 Å². The molecule has 0 radical (unpaired) electrons. The Bertz CT molecular complexity index is 504. The summed E-state index contributed by atoms with van der Waals surface area (Å²) in [5.74, 6) is 0. The number of urea groups is 1. The lowest BCUT2D eigenvalue weighted by molar-refractivity contribution is 0.133. The Hall–Kier alpha value is -1.30. The first-order valence-corrected chi connectivity index (χ1v) is 8.59. The van der Waals surface area contributed by atoms with Gasteiger partial charge in [0.05, 0.1) is 0 Å². The van der Waals surface area contributed by atoms with E-state index in [0.29, 0.717) is 0 Å². The van der Waals surface area contributed by atoms with Crippen molar-refractivity contribution in [1.29, 1.82) is 0 Å². The Labute approximate surface area is 143 Å². The minimum Gasteiger partial charge on any atom is -0.396 e. The highest BCUT2D eigenvalue weighted by atomic mass is 35.5. The number of piperazine rings is 1. The zero-order chi connectivity index (χ0) is 16.7. The van der Waals surface area contributed by atoms with Crippen LogP contribution in [0.4, 0.5) is 4.79 Å². The summed E-state index contributed by atoms with van der Waals surface area (Å²) in [6, 6.07) is 8.01. The molecule has 1 unspecified atom stereocenters. The van der Waals surface area contributed by atoms with Gasteiger partial charge in [0.25, 0.3) is 0 Å². The molecule has 6 heteroatoms. The quantitative estimate of drug-likeness (QED) is 0.836. The number of aliphatic hydroxyl groups is 1. The first kappa shape index (κ1) is 18.0. The van der Waals surface area contributed by atoms with Crippen LogP contribution in [0.15, 0.2) is 24.3 Å². The molecule has 1 aliphatic heterocycles. The molecule has 23 heavy (non-hydrogen) atoms. The summed E-state index contributed by atoms with van der Waals surface area (Å²) in [6.07, 6.45) is 1.52. The molecule has 1 heterocycles. The van der Waals surface area contributed by atoms with Crippen molar-refractivity contribution >= 4 is 17.6 Å². The van der Waals surface area contributed by atoms with Gasteiger partial charge in [-0.1, -0.05) is 23.7 Å². The first-order valence-electron chi connectivity index (χ1n) is 8.21. The zero-order valence-corrected chi connectivity index (χ0v) is 14.4. The van der Waals surface area contributed by atoms with Crippen LogP contribution in [-0.2, 0) is 6.54 Å². The molecule has 0 bridgehead atoms. The van der Waals surface area contributed by atoms with Crippen LogP contribution >= 0.6 is 11.6 Å². The molecule has 2 N–H and O–H groups in total. The van der Waals surface area contributed by atoms with E-state index in [0.717, 1.165) is 50.6 Å². The molecule has 1 fully saturated rings. The number of amides is 2. The van der Waals surface area contributed by atoms with E-state index in [2.05, 4.69) is 16.3 Å². The Kier molecular flexibility index (Phi) is 7.15. The highest BCUT2D eigenvalue weighted by molar-refractivity contribution is 6.30. The fourth-order valence-electron chi connectivity index (χ4n) is 2.77. The molecule has 0 aromatic heterocycles. The largest absolute Gasteiger partial charge is 0.396 e. The third-order valence-electron chi connectivity index (χ3n) is 4.12. The molecule has 1 saturated heterocycles. The van der Waals surface area contributed by atoms with Crippen molar-refractivity contribution in [2.45, 2.75) is 32.4 Å². The predicted molar refractivity (Wildman–Crippen MR) is 92.6 cm³/mol. The highest BCUT2D eigenvalue weighted by Crippen LogP contribution is 2.14. The second kappa shape index (κ2) is 9.11. The lowest BCUT2D eigenvalue weighted by Crippen LogP contribution is -2.52. The highest BCUT2D eigenvalue weighted by Gasteiger charge is 2.21. The van der Waals surface area contributed by atoms with Crippen molar-refractivity contribution in [2.75, 3.05) is 32.8 Å². The number of hydrogen-bond acceptors (Lipinski definition) is 3. The molecule has 128 valence electrons. The SMILES string of the molecule is CC(CCCO)NC(=O)N1CCN(Cc2cccc(Cl)c2)CC1. The van der Waals surface area contributed by atoms with Gasteiger partial charge < -0.3 is 15.3 Å². The molecule has 1 aromatic carbocycles. The molecule has 1 aliphatic rings. The summed E-state index contributed by atoms with van der Waals surface area (Å²) in [5.41, 5.74) is 1.20. The minimum absolute atomic E-state index is 0.00200. The number of rotatable bonds is 6. The van der Waals surface area contributed by atoms with Crippen LogP contribution in [0, 0.1) is 0 Å². The minimum atomic E-state index is -0.00200. The van der Waals surface area contributed by atoms with Crippen LogP contribution in [0.2, 0.25) is 5.02 Å². The zero-order valence-electron chi connectivity index (χ0n) is 13.7. The summed E-state index contributed by atoms with van der Waals surface area (Å²) >= 11 is 6.02. The third-order valence-corrected chi connectivity index (χ3v) is 4.35. The van der Waals surface area contributed by atoms with Crippen molar-refractivity contribution in [3.05, 3.63) is 34.9 Å². The first-order chi connectivity index (χ1) is 11.1. The third kappa shape index (κ3) is 6.01. The fourth-order valence-corrected chi connectivity index (χ4v) is 2.99. The van der Waals surface area contributed by atoms with Crippen LogP contribution in [-0.4, -0.2) is 59.8 Å². The van der Waals surface area contributed by atoms with Crippen molar-refractivity contribution < 1.29 is 9.90 Å². The van der Waals surface area contributed by atoms with Crippen molar-refractivity contribution in [1.82, 2.24) is 15.1 Å². The molecule has 0 aliphatic carbocycles. The van der Waals surface area contributed by atoms with Gasteiger partial charge in [0, 0.05) is 50.4 Å². The molecule has 0 saturated carbocycles. The van der Waals surface area contributed by atoms with Gasteiger partial charge >= 0.3 is 6.03 Å². The number of carbonyl (C=O) groups is 1. The van der Waals surface area contributed by atoms with Crippen molar-refractivity contribution in [3.63, 3.8) is 0 Å². The maximum atomic E-state index is 12.2. The maximum Gasteiger partial charge on any atom is 0.317 e. The predicted octanol–water partition coefficient (Wildman–Crippen LogP) is 2.33. The Morgan fingerprint density at radius 3 is 2.74 bits per heavy atom. The van der Waals surface area contributed by atoms with Crippen LogP contribution < -0.4 is 5.32 Å². The van der Waals surface area contributed by atoms with Crippen LogP contribution in [0.25, 0.3) is 0 Å². The van der Waals surface area contributed by atoms with E-state index in [9.17, 15) is 4.79 Å². The van der Waals surface area contributed by atoms with E-state index in [1.165, 1.54) is 5.56 Å². The normalized spacial score (nSPS) is 17.1. The van der Waals surface area contributed by atoms with Crippen LogP contribution in [0.3, 0.4) is 0 Å². The second-order valence-corrected chi connectivity index (χ2v) is 6.55. The number of halogens is 1. The van der Waals surface area contributed by atoms with Gasteiger partial charge in [-0.2, -0.15) is 0 Å². The van der Waals surface area contributed by atoms with E-state index in [1.54, 1.807) is 0 Å². The number of hydrogen-bond donors (Lipinski definition) is 2. The summed E-state index contributed by atoms with van der Waals surface area (Å²) < 4.78 is 0. The lowest BCUT2D eigenvalue weighted by Gasteiger charge is -2.35. The van der Waals surface area contributed by atoms with Gasteiger partial charge in [-0.3, -0.25) is 4.90 Å². The molecule has 1 atom stereocenters. The molecule has 1 aromatic rings. The summed E-state index contributed by atoms with van der Waals surface area (Å²) in [5, 5.41) is 12.6. The molecule has 2 amide bonds. The van der Waals surface area contributed by atoms with Gasteiger partial charge in [0.2, 0.25) is 0 Å². The van der Waals surface area contributed by atoms with E-state index in [1.807, 2.05) is 30.0 Å². The molecule has 5 nitrogen and oxygen atoms in total. The Balaban J connectivity index is 1.74. The molecule has 2 rings (SSSR count). The van der Waals surface area contributed by atoms with E-state index >= 15 is 0 Å². The van der Waals surface area contributed by atoms with Gasteiger partial charge in [0.15, 0.2) is 0 Å². The summed E-state index contributed by atoms with van der Waals surface area (Å²) in [6.45, 7) is 6.21. The molecule has 0 spiro atoms. The maximum absolute atomic E-state index is 12.2. The monoisotopic (exact) mass is 339 g/mol. The standard InChI is InChI=1S/C17H26ClN3O2/c1-14(4-3-11-22)19-17(23)21-9-7-20(8-10-21)13-15-5-2-6-16(18)12-15/h2,5-6,12,14,22H,3-4,7-11,13H2,1H3,(H,19,23). The Morgan fingerprint density at radius 2 is 2.09 bits per heavy atom. The average Bonchev–Trinajstić information content (AvgIpc) is 2.53. The average molecular weight is 340 g/mol. The topological polar surface area (TPSA) is 55.8 Å². The van der Waals surface area contributed by atoms with E-state index in [4.69, 9.17) is 16.7 Å². The number of benzene rings is 1. The van der Waals surface area contributed by atoms with E-state index < -0.39 is 0 Å². The van der Waals surface area contributed by atoms with Crippen molar-refractivity contribution in [2.24, 2.45) is 0 Å². The number of aliphatic hydroxyl groups excluding tert-OH is 1. The summed E-state index contributed by atoms with van der Waals surface area (Å²) in [4.78, 5) is 16.4. The van der Waals surface area contributed by atoms with Crippen molar-refractivity contribution in [3.8, 4) is 0 Å². The fraction of sp³-hybridized carbons (Fsp3) is 0.588. The van der Waals surface area contributed by atoms with Crippen LogP contribution in [0.5, 0.6) is 0 Å². The number of carbonyl (C=O) groups excluding carboxylic acids is 1. The Morgan fingerprint density at radius 1 is 1.35 bits per heavy atom. The lowest BCUT2D eigenvalue weighted by atomic mass is 10.2. The van der Waals surface area contributed by atoms with Crippen LogP contribution in [0.1, 0.15) is 25.3 Å². The summed E-state index contributed by atoms with van der Waals surface area (Å²) in [7, 11) is 0. The van der Waals surface area contributed by atoms with Gasteiger partial charge in [-0.15, -0.1) is 0 Å². The number of nitrogens with one attached hydrogen (secondary N) is 1. The van der Waals surface area contributed by atoms with Gasteiger partial charge in [0.1, 0.15) is 0 Å². The molecular formula is C17H26ClN3O2. The van der Waals surface area contributed by atoms with E-state index in [-0.39, 0.29) is 18.7 Å². The smallest absolute Gasteiger partial charge is 0.317 e. The van der Waals surface area contributed by atoms with Gasteiger partial charge in [-0.05, 0) is 37.5 Å². The second-order valence-electron chi connectivity index (χ2n) is 6.11. The molecular weight excluding hydrogens is 314 g/mol.